The monoisotopic (exact) mass is 269 g/mol. The third kappa shape index (κ3) is 5.05. The SMILES string of the molecule is CC(C)(C)C1CCC(CNCC2COCCO2)CC1. The fourth-order valence-electron chi connectivity index (χ4n) is 3.34. The van der Waals surface area contributed by atoms with Crippen molar-refractivity contribution in [1.82, 2.24) is 5.32 Å². The van der Waals surface area contributed by atoms with Crippen LogP contribution in [0.4, 0.5) is 0 Å². The molecular weight excluding hydrogens is 238 g/mol. The van der Waals surface area contributed by atoms with Crippen LogP contribution in [-0.2, 0) is 9.47 Å². The highest BCUT2D eigenvalue weighted by Crippen LogP contribution is 2.39. The normalized spacial score (nSPS) is 33.3. The van der Waals surface area contributed by atoms with Crippen molar-refractivity contribution in [2.45, 2.75) is 52.6 Å². The van der Waals surface area contributed by atoms with Crippen molar-refractivity contribution in [2.24, 2.45) is 17.3 Å². The van der Waals surface area contributed by atoms with Crippen molar-refractivity contribution in [1.29, 1.82) is 0 Å². The van der Waals surface area contributed by atoms with E-state index in [1.807, 2.05) is 0 Å². The van der Waals surface area contributed by atoms with Crippen LogP contribution in [0.3, 0.4) is 0 Å². The molecule has 2 rings (SSSR count). The smallest absolute Gasteiger partial charge is 0.0933 e. The molecule has 0 spiro atoms. The summed E-state index contributed by atoms with van der Waals surface area (Å²) in [6, 6.07) is 0. The predicted molar refractivity (Wildman–Crippen MR) is 78.3 cm³/mol. The van der Waals surface area contributed by atoms with Gasteiger partial charge < -0.3 is 14.8 Å². The average Bonchev–Trinajstić information content (AvgIpc) is 2.39. The third-order valence-electron chi connectivity index (χ3n) is 4.76. The molecule has 1 atom stereocenters. The van der Waals surface area contributed by atoms with E-state index in [-0.39, 0.29) is 6.10 Å². The molecule has 0 aromatic heterocycles. The number of rotatable bonds is 4. The van der Waals surface area contributed by atoms with Gasteiger partial charge in [-0.15, -0.1) is 0 Å². The van der Waals surface area contributed by atoms with Crippen LogP contribution in [-0.4, -0.2) is 39.0 Å². The van der Waals surface area contributed by atoms with Gasteiger partial charge in [0.2, 0.25) is 0 Å². The van der Waals surface area contributed by atoms with Crippen molar-refractivity contribution >= 4 is 0 Å². The van der Waals surface area contributed by atoms with Crippen LogP contribution in [0.1, 0.15) is 46.5 Å². The second kappa shape index (κ2) is 7.05. The zero-order valence-electron chi connectivity index (χ0n) is 12.9. The maximum Gasteiger partial charge on any atom is 0.0933 e. The predicted octanol–water partition coefficient (Wildman–Crippen LogP) is 2.84. The standard InChI is InChI=1S/C16H31NO2/c1-16(2,3)14-6-4-13(5-7-14)10-17-11-15-12-18-8-9-19-15/h13-15,17H,4-12H2,1-3H3. The summed E-state index contributed by atoms with van der Waals surface area (Å²) in [5.74, 6) is 1.78. The van der Waals surface area contributed by atoms with Gasteiger partial charge in [0, 0.05) is 6.54 Å². The first-order valence-electron chi connectivity index (χ1n) is 7.96. The van der Waals surface area contributed by atoms with E-state index in [1.165, 1.54) is 25.7 Å². The summed E-state index contributed by atoms with van der Waals surface area (Å²) in [5, 5.41) is 3.57. The molecule has 0 aromatic carbocycles. The summed E-state index contributed by atoms with van der Waals surface area (Å²) in [6.45, 7) is 11.5. The van der Waals surface area contributed by atoms with E-state index >= 15 is 0 Å². The molecule has 19 heavy (non-hydrogen) atoms. The molecule has 3 heteroatoms. The lowest BCUT2D eigenvalue weighted by atomic mass is 9.70. The molecule has 1 saturated carbocycles. The van der Waals surface area contributed by atoms with Crippen LogP contribution < -0.4 is 5.32 Å². The quantitative estimate of drug-likeness (QED) is 0.851. The minimum absolute atomic E-state index is 0.264. The number of hydrogen-bond acceptors (Lipinski definition) is 3. The Morgan fingerprint density at radius 3 is 2.32 bits per heavy atom. The van der Waals surface area contributed by atoms with E-state index in [2.05, 4.69) is 26.1 Å². The Morgan fingerprint density at radius 2 is 1.74 bits per heavy atom. The first-order valence-corrected chi connectivity index (χ1v) is 7.96. The summed E-state index contributed by atoms with van der Waals surface area (Å²) < 4.78 is 11.1. The Hall–Kier alpha value is -0.120. The van der Waals surface area contributed by atoms with Gasteiger partial charge in [-0.05, 0) is 49.5 Å². The zero-order valence-corrected chi connectivity index (χ0v) is 12.9. The van der Waals surface area contributed by atoms with Crippen LogP contribution in [0.15, 0.2) is 0 Å². The van der Waals surface area contributed by atoms with Crippen molar-refractivity contribution < 1.29 is 9.47 Å². The van der Waals surface area contributed by atoms with E-state index in [0.29, 0.717) is 5.41 Å². The fourth-order valence-corrected chi connectivity index (χ4v) is 3.34. The highest BCUT2D eigenvalue weighted by Gasteiger charge is 2.29. The molecule has 2 aliphatic rings. The van der Waals surface area contributed by atoms with Gasteiger partial charge in [0.25, 0.3) is 0 Å². The molecule has 0 bridgehead atoms. The fraction of sp³-hybridized carbons (Fsp3) is 1.00. The summed E-state index contributed by atoms with van der Waals surface area (Å²) in [7, 11) is 0. The van der Waals surface area contributed by atoms with E-state index in [4.69, 9.17) is 9.47 Å². The largest absolute Gasteiger partial charge is 0.376 e. The first-order chi connectivity index (χ1) is 9.05. The lowest BCUT2D eigenvalue weighted by Gasteiger charge is -2.37. The summed E-state index contributed by atoms with van der Waals surface area (Å²) in [5.41, 5.74) is 0.492. The summed E-state index contributed by atoms with van der Waals surface area (Å²) >= 11 is 0. The van der Waals surface area contributed by atoms with Gasteiger partial charge in [0.05, 0.1) is 25.9 Å². The summed E-state index contributed by atoms with van der Waals surface area (Å²) in [4.78, 5) is 0. The number of nitrogens with one attached hydrogen (secondary N) is 1. The van der Waals surface area contributed by atoms with Gasteiger partial charge in [-0.3, -0.25) is 0 Å². The molecule has 1 unspecified atom stereocenters. The second-order valence-corrected chi connectivity index (χ2v) is 7.31. The van der Waals surface area contributed by atoms with E-state index in [1.54, 1.807) is 0 Å². The number of ether oxygens (including phenoxy) is 2. The van der Waals surface area contributed by atoms with E-state index < -0.39 is 0 Å². The van der Waals surface area contributed by atoms with Crippen molar-refractivity contribution in [3.8, 4) is 0 Å². The van der Waals surface area contributed by atoms with Crippen molar-refractivity contribution in [3.63, 3.8) is 0 Å². The third-order valence-corrected chi connectivity index (χ3v) is 4.76. The maximum atomic E-state index is 5.64. The molecule has 1 aliphatic carbocycles. The van der Waals surface area contributed by atoms with Gasteiger partial charge in [-0.2, -0.15) is 0 Å². The zero-order chi connectivity index (χ0) is 13.7. The van der Waals surface area contributed by atoms with Gasteiger partial charge in [0.1, 0.15) is 0 Å². The van der Waals surface area contributed by atoms with E-state index in [0.717, 1.165) is 44.7 Å². The number of hydrogen-bond donors (Lipinski definition) is 1. The Labute approximate surface area is 118 Å². The summed E-state index contributed by atoms with van der Waals surface area (Å²) in [6.07, 6.45) is 5.84. The minimum Gasteiger partial charge on any atom is -0.376 e. The lowest BCUT2D eigenvalue weighted by molar-refractivity contribution is -0.0866. The van der Waals surface area contributed by atoms with Crippen LogP contribution in [0, 0.1) is 17.3 Å². The molecule has 1 N–H and O–H groups in total. The molecule has 0 radical (unpaired) electrons. The molecule has 1 aliphatic heterocycles. The van der Waals surface area contributed by atoms with Gasteiger partial charge in [0.15, 0.2) is 0 Å². The van der Waals surface area contributed by atoms with Gasteiger partial charge in [-0.1, -0.05) is 20.8 Å². The van der Waals surface area contributed by atoms with Crippen molar-refractivity contribution in [3.05, 3.63) is 0 Å². The van der Waals surface area contributed by atoms with Gasteiger partial charge in [-0.25, -0.2) is 0 Å². The minimum atomic E-state index is 0.264. The first kappa shape index (κ1) is 15.3. The highest BCUT2D eigenvalue weighted by molar-refractivity contribution is 4.81. The van der Waals surface area contributed by atoms with E-state index in [9.17, 15) is 0 Å². The lowest BCUT2D eigenvalue weighted by Crippen LogP contribution is -2.39. The van der Waals surface area contributed by atoms with Crippen molar-refractivity contribution in [2.75, 3.05) is 32.9 Å². The Bertz CT molecular complexity index is 248. The van der Waals surface area contributed by atoms with Crippen LogP contribution in [0.25, 0.3) is 0 Å². The maximum absolute atomic E-state index is 5.64. The van der Waals surface area contributed by atoms with Crippen LogP contribution in [0.2, 0.25) is 0 Å². The molecular formula is C16H31NO2. The molecule has 112 valence electrons. The molecule has 1 saturated heterocycles. The molecule has 0 aromatic rings. The molecule has 0 amide bonds. The highest BCUT2D eigenvalue weighted by atomic mass is 16.6. The molecule has 2 fully saturated rings. The average molecular weight is 269 g/mol. The van der Waals surface area contributed by atoms with Gasteiger partial charge >= 0.3 is 0 Å². The topological polar surface area (TPSA) is 30.5 Å². The Morgan fingerprint density at radius 1 is 1.00 bits per heavy atom. The van der Waals surface area contributed by atoms with Crippen LogP contribution >= 0.6 is 0 Å². The Balaban J connectivity index is 1.58. The molecule has 1 heterocycles. The van der Waals surface area contributed by atoms with Crippen LogP contribution in [0.5, 0.6) is 0 Å². The second-order valence-electron chi connectivity index (χ2n) is 7.31. The Kier molecular flexibility index (Phi) is 5.67. The molecule has 3 nitrogen and oxygen atoms in total.